The summed E-state index contributed by atoms with van der Waals surface area (Å²) in [7, 11) is 3.31. The Kier molecular flexibility index (Phi) is 2.23. The summed E-state index contributed by atoms with van der Waals surface area (Å²) in [5.74, 6) is 1.63. The molecule has 0 N–H and O–H groups in total. The van der Waals surface area contributed by atoms with E-state index in [1.165, 1.54) is 4.88 Å². The highest BCUT2D eigenvalue weighted by atomic mass is 32.9. The third kappa shape index (κ3) is 1.67. The second-order valence-electron chi connectivity index (χ2n) is 3.06. The number of ether oxygens (including phenoxy) is 2. The molecule has 1 aromatic carbocycles. The Balaban J connectivity index is 2.10. The molecule has 3 rings (SSSR count). The maximum absolute atomic E-state index is 5.33. The minimum Gasteiger partial charge on any atom is -0.454 e. The fraction of sp³-hybridized carbons (Fsp3) is 0.100. The predicted octanol–water partition coefficient (Wildman–Crippen LogP) is 3.93. The van der Waals surface area contributed by atoms with Crippen LogP contribution >= 0.6 is 32.9 Å². The van der Waals surface area contributed by atoms with E-state index in [0.717, 1.165) is 20.9 Å². The summed E-state index contributed by atoms with van der Waals surface area (Å²) < 4.78 is 11.5. The molecule has 0 radical (unpaired) electrons. The van der Waals surface area contributed by atoms with Crippen LogP contribution in [0, 0.1) is 3.82 Å². The Labute approximate surface area is 99.1 Å². The lowest BCUT2D eigenvalue weighted by Gasteiger charge is -1.98. The van der Waals surface area contributed by atoms with Crippen molar-refractivity contribution in [3.05, 3.63) is 28.1 Å². The molecule has 1 aliphatic heterocycles. The molecule has 1 aromatic heterocycles. The summed E-state index contributed by atoms with van der Waals surface area (Å²) in [6.45, 7) is 0.318. The van der Waals surface area contributed by atoms with Gasteiger partial charge in [-0.25, -0.2) is 0 Å². The maximum atomic E-state index is 5.33. The van der Waals surface area contributed by atoms with Crippen molar-refractivity contribution in [1.82, 2.24) is 0 Å². The van der Waals surface area contributed by atoms with Gasteiger partial charge in [-0.05, 0) is 29.8 Å². The lowest BCUT2D eigenvalue weighted by Crippen LogP contribution is -1.92. The SMILES string of the molecule is S=c1cc(-c2ccc3c(c2)OCO3)ss1. The summed E-state index contributed by atoms with van der Waals surface area (Å²) in [4.78, 5) is 1.18. The maximum Gasteiger partial charge on any atom is 0.231 e. The Morgan fingerprint density at radius 1 is 1.07 bits per heavy atom. The summed E-state index contributed by atoms with van der Waals surface area (Å²) in [5, 5.41) is 0. The van der Waals surface area contributed by atoms with Crippen molar-refractivity contribution >= 4 is 32.9 Å². The van der Waals surface area contributed by atoms with E-state index in [2.05, 4.69) is 0 Å². The molecule has 0 spiro atoms. The summed E-state index contributed by atoms with van der Waals surface area (Å²) in [5.41, 5.74) is 1.14. The van der Waals surface area contributed by atoms with Gasteiger partial charge in [0.1, 0.15) is 3.82 Å². The second-order valence-corrected chi connectivity index (χ2v) is 5.97. The van der Waals surface area contributed by atoms with Crippen LogP contribution in [0.1, 0.15) is 0 Å². The van der Waals surface area contributed by atoms with E-state index in [9.17, 15) is 0 Å². The Morgan fingerprint density at radius 2 is 1.93 bits per heavy atom. The normalized spacial score (nSPS) is 13.1. The van der Waals surface area contributed by atoms with E-state index < -0.39 is 0 Å². The third-order valence-corrected chi connectivity index (χ3v) is 5.03. The molecule has 2 aromatic rings. The van der Waals surface area contributed by atoms with Crippen molar-refractivity contribution in [2.45, 2.75) is 0 Å². The van der Waals surface area contributed by atoms with Crippen molar-refractivity contribution < 1.29 is 9.47 Å². The van der Waals surface area contributed by atoms with Gasteiger partial charge >= 0.3 is 0 Å². The number of hydrogen-bond acceptors (Lipinski definition) is 5. The van der Waals surface area contributed by atoms with Crippen molar-refractivity contribution in [2.75, 3.05) is 6.79 Å². The monoisotopic (exact) mass is 254 g/mol. The highest BCUT2D eigenvalue weighted by Gasteiger charge is 2.14. The van der Waals surface area contributed by atoms with Gasteiger partial charge in [0.05, 0.1) is 0 Å². The lowest BCUT2D eigenvalue weighted by atomic mass is 10.2. The number of hydrogen-bond donors (Lipinski definition) is 0. The average Bonchev–Trinajstić information content (AvgIpc) is 2.84. The van der Waals surface area contributed by atoms with Crippen LogP contribution in [0.15, 0.2) is 24.3 Å². The largest absolute Gasteiger partial charge is 0.454 e. The van der Waals surface area contributed by atoms with E-state index >= 15 is 0 Å². The minimum atomic E-state index is 0.318. The van der Waals surface area contributed by atoms with Gasteiger partial charge in [-0.1, -0.05) is 32.9 Å². The first-order chi connectivity index (χ1) is 7.33. The van der Waals surface area contributed by atoms with Crippen LogP contribution in [0.3, 0.4) is 0 Å². The van der Waals surface area contributed by atoms with Crippen LogP contribution in [-0.4, -0.2) is 6.79 Å². The molecule has 2 heterocycles. The number of benzene rings is 1. The fourth-order valence-corrected chi connectivity index (χ4v) is 3.82. The van der Waals surface area contributed by atoms with Gasteiger partial charge in [0.25, 0.3) is 0 Å². The van der Waals surface area contributed by atoms with Gasteiger partial charge < -0.3 is 9.47 Å². The van der Waals surface area contributed by atoms with Crippen molar-refractivity contribution in [3.63, 3.8) is 0 Å². The molecule has 2 nitrogen and oxygen atoms in total. The molecule has 0 fully saturated rings. The topological polar surface area (TPSA) is 18.5 Å². The van der Waals surface area contributed by atoms with Gasteiger partial charge in [0, 0.05) is 4.88 Å². The van der Waals surface area contributed by atoms with Gasteiger partial charge in [0.2, 0.25) is 6.79 Å². The van der Waals surface area contributed by atoms with Gasteiger partial charge in [-0.3, -0.25) is 0 Å². The van der Waals surface area contributed by atoms with E-state index in [-0.39, 0.29) is 0 Å². The summed E-state index contributed by atoms with van der Waals surface area (Å²) >= 11 is 5.11. The highest BCUT2D eigenvalue weighted by molar-refractivity contribution is 7.80. The molecule has 0 bridgehead atoms. The van der Waals surface area contributed by atoms with Gasteiger partial charge in [-0.2, -0.15) is 0 Å². The van der Waals surface area contributed by atoms with Crippen molar-refractivity contribution in [3.8, 4) is 21.9 Å². The molecule has 0 unspecified atom stereocenters. The number of fused-ring (bicyclic) bond motifs is 1. The van der Waals surface area contributed by atoms with E-state index in [1.807, 2.05) is 24.3 Å². The quantitative estimate of drug-likeness (QED) is 0.567. The molecule has 5 heteroatoms. The lowest BCUT2D eigenvalue weighted by molar-refractivity contribution is 0.174. The average molecular weight is 254 g/mol. The fourth-order valence-electron chi connectivity index (χ4n) is 1.42. The molecule has 76 valence electrons. The highest BCUT2D eigenvalue weighted by Crippen LogP contribution is 2.38. The number of rotatable bonds is 1. The molecule has 0 saturated heterocycles. The third-order valence-electron chi connectivity index (χ3n) is 2.12. The smallest absolute Gasteiger partial charge is 0.231 e. The zero-order valence-corrected chi connectivity index (χ0v) is 10.0. The van der Waals surface area contributed by atoms with Crippen LogP contribution in [0.5, 0.6) is 11.5 Å². The van der Waals surface area contributed by atoms with Crippen molar-refractivity contribution in [2.24, 2.45) is 0 Å². The predicted molar refractivity (Wildman–Crippen MR) is 64.6 cm³/mol. The second kappa shape index (κ2) is 3.59. The Bertz CT molecular complexity index is 556. The minimum absolute atomic E-state index is 0.318. The zero-order valence-electron chi connectivity index (χ0n) is 7.56. The zero-order chi connectivity index (χ0) is 10.3. The molecular formula is C10H6O2S3. The summed E-state index contributed by atoms with van der Waals surface area (Å²) in [6, 6.07) is 7.98. The Hall–Kier alpha value is -0.910. The first-order valence-corrected chi connectivity index (χ1v) is 6.89. The summed E-state index contributed by atoms with van der Waals surface area (Å²) in [6.07, 6.45) is 0. The van der Waals surface area contributed by atoms with E-state index in [1.54, 1.807) is 20.7 Å². The first-order valence-electron chi connectivity index (χ1n) is 4.33. The molecule has 0 atom stereocenters. The molecule has 0 amide bonds. The van der Waals surface area contributed by atoms with Crippen LogP contribution in [0.25, 0.3) is 10.4 Å². The molecule has 0 saturated carbocycles. The standard InChI is InChI=1S/C10H6O2S3/c13-10-4-9(14-15-10)6-1-2-7-8(3-6)12-5-11-7/h1-4H,5H2. The van der Waals surface area contributed by atoms with Crippen LogP contribution in [-0.2, 0) is 0 Å². The van der Waals surface area contributed by atoms with Gasteiger partial charge in [0.15, 0.2) is 11.5 Å². The van der Waals surface area contributed by atoms with Crippen LogP contribution in [0.2, 0.25) is 0 Å². The molecule has 1 aliphatic rings. The molecule has 15 heavy (non-hydrogen) atoms. The van der Waals surface area contributed by atoms with Crippen molar-refractivity contribution in [1.29, 1.82) is 0 Å². The van der Waals surface area contributed by atoms with Gasteiger partial charge in [-0.15, -0.1) is 0 Å². The first kappa shape index (κ1) is 9.33. The van der Waals surface area contributed by atoms with E-state index in [4.69, 9.17) is 21.7 Å². The van der Waals surface area contributed by atoms with Crippen LogP contribution in [0.4, 0.5) is 0 Å². The molecule has 0 aliphatic carbocycles. The van der Waals surface area contributed by atoms with E-state index in [0.29, 0.717) is 6.79 Å². The molecular weight excluding hydrogens is 248 g/mol. The van der Waals surface area contributed by atoms with Crippen LogP contribution < -0.4 is 9.47 Å². The Morgan fingerprint density at radius 3 is 2.73 bits per heavy atom.